The molecule has 2 fully saturated rings. The molecule has 2 aliphatic rings. The Kier molecular flexibility index (Phi) is 6.29. The lowest BCUT2D eigenvalue weighted by molar-refractivity contribution is -0.137. The molecule has 2 aliphatic heterocycles. The van der Waals surface area contributed by atoms with Gasteiger partial charge in [0.1, 0.15) is 0 Å². The lowest BCUT2D eigenvalue weighted by atomic mass is 9.99. The number of nitrogens with zero attached hydrogens (tertiary/aromatic N) is 2. The first-order chi connectivity index (χ1) is 12.8. The minimum absolute atomic E-state index is 0.225. The molecular formula is C20H28F3N3O. The van der Waals surface area contributed by atoms with Crippen molar-refractivity contribution in [2.24, 2.45) is 5.92 Å². The summed E-state index contributed by atoms with van der Waals surface area (Å²) in [5, 5.41) is 2.76. The zero-order chi connectivity index (χ0) is 19.4. The number of benzene rings is 1. The fourth-order valence-electron chi connectivity index (χ4n) is 3.84. The third-order valence-corrected chi connectivity index (χ3v) is 5.54. The van der Waals surface area contributed by atoms with E-state index in [1.54, 1.807) is 0 Å². The van der Waals surface area contributed by atoms with Gasteiger partial charge in [-0.2, -0.15) is 13.2 Å². The van der Waals surface area contributed by atoms with Crippen LogP contribution in [-0.4, -0.2) is 43.5 Å². The molecule has 0 saturated carbocycles. The summed E-state index contributed by atoms with van der Waals surface area (Å²) in [5.41, 5.74) is 0.218. The van der Waals surface area contributed by atoms with Crippen molar-refractivity contribution in [3.63, 3.8) is 0 Å². The second-order valence-corrected chi connectivity index (χ2v) is 7.78. The van der Waals surface area contributed by atoms with Crippen LogP contribution in [0.5, 0.6) is 0 Å². The number of alkyl halides is 3. The fraction of sp³-hybridized carbons (Fsp3) is 0.650. The number of hydrogen-bond acceptors (Lipinski definition) is 3. The summed E-state index contributed by atoms with van der Waals surface area (Å²) in [6.45, 7) is 5.75. The van der Waals surface area contributed by atoms with Crippen LogP contribution < -0.4 is 10.2 Å². The number of carbonyl (C=O) groups is 1. The zero-order valence-corrected chi connectivity index (χ0v) is 15.8. The maximum atomic E-state index is 13.2. The number of halogens is 3. The Morgan fingerprint density at radius 3 is 2.41 bits per heavy atom. The van der Waals surface area contributed by atoms with E-state index in [9.17, 15) is 18.0 Å². The van der Waals surface area contributed by atoms with Crippen molar-refractivity contribution >= 4 is 17.3 Å². The highest BCUT2D eigenvalue weighted by atomic mass is 19.4. The van der Waals surface area contributed by atoms with Crippen LogP contribution in [0.25, 0.3) is 0 Å². The first-order valence-electron chi connectivity index (χ1n) is 9.81. The summed E-state index contributed by atoms with van der Waals surface area (Å²) in [5.74, 6) is 0.417. The van der Waals surface area contributed by atoms with E-state index in [4.69, 9.17) is 0 Å². The first kappa shape index (κ1) is 20.0. The average molecular weight is 383 g/mol. The highest BCUT2D eigenvalue weighted by Crippen LogP contribution is 2.36. The Morgan fingerprint density at radius 2 is 1.78 bits per heavy atom. The predicted octanol–water partition coefficient (Wildman–Crippen LogP) is 4.37. The predicted molar refractivity (Wildman–Crippen MR) is 101 cm³/mol. The van der Waals surface area contributed by atoms with Crippen LogP contribution in [0.4, 0.5) is 24.5 Å². The number of hydrogen-bond donors (Lipinski definition) is 1. The molecule has 0 atom stereocenters. The van der Waals surface area contributed by atoms with Crippen LogP contribution in [0, 0.1) is 5.92 Å². The highest BCUT2D eigenvalue weighted by molar-refractivity contribution is 5.95. The van der Waals surface area contributed by atoms with Gasteiger partial charge in [0.2, 0.25) is 5.91 Å². The van der Waals surface area contributed by atoms with E-state index in [1.165, 1.54) is 6.07 Å². The van der Waals surface area contributed by atoms with Gasteiger partial charge >= 0.3 is 6.18 Å². The number of anilines is 2. The van der Waals surface area contributed by atoms with E-state index < -0.39 is 11.7 Å². The van der Waals surface area contributed by atoms with Gasteiger partial charge in [-0.05, 0) is 69.3 Å². The van der Waals surface area contributed by atoms with Gasteiger partial charge < -0.3 is 10.2 Å². The third kappa shape index (κ3) is 5.37. The molecule has 1 aromatic carbocycles. The maximum Gasteiger partial charge on any atom is 0.416 e. The number of nitrogens with one attached hydrogen (secondary N) is 1. The quantitative estimate of drug-likeness (QED) is 0.839. The minimum atomic E-state index is -4.43. The number of rotatable bonds is 4. The lowest BCUT2D eigenvalue weighted by Gasteiger charge is -2.32. The smallest absolute Gasteiger partial charge is 0.370 e. The van der Waals surface area contributed by atoms with E-state index in [-0.39, 0.29) is 18.1 Å². The van der Waals surface area contributed by atoms with Gasteiger partial charge in [0, 0.05) is 13.1 Å². The molecule has 150 valence electrons. The van der Waals surface area contributed by atoms with Crippen LogP contribution in [-0.2, 0) is 11.0 Å². The lowest BCUT2D eigenvalue weighted by Crippen LogP contribution is -2.39. The first-order valence-corrected chi connectivity index (χ1v) is 9.81. The standard InChI is InChI=1S/C20H28F3N3O/c1-15-7-11-25(12-8-15)14-19(27)24-17-13-16(20(21,22)23)5-6-18(17)26-9-3-2-4-10-26/h5-6,13,15H,2-4,7-12,14H2,1H3,(H,24,27). The Labute approximate surface area is 158 Å². The van der Waals surface area contributed by atoms with Crippen molar-refractivity contribution in [3.8, 4) is 0 Å². The second kappa shape index (κ2) is 8.50. The average Bonchev–Trinajstić information content (AvgIpc) is 2.63. The Balaban J connectivity index is 1.75. The highest BCUT2D eigenvalue weighted by Gasteiger charge is 2.32. The fourth-order valence-corrected chi connectivity index (χ4v) is 3.84. The van der Waals surface area contributed by atoms with Crippen molar-refractivity contribution in [3.05, 3.63) is 23.8 Å². The SMILES string of the molecule is CC1CCN(CC(=O)Nc2cc(C(F)(F)F)ccc2N2CCCCC2)CC1. The van der Waals surface area contributed by atoms with Gasteiger partial charge in [-0.15, -0.1) is 0 Å². The summed E-state index contributed by atoms with van der Waals surface area (Å²) in [7, 11) is 0. The van der Waals surface area contributed by atoms with Crippen LogP contribution in [0.15, 0.2) is 18.2 Å². The molecular weight excluding hydrogens is 355 g/mol. The monoisotopic (exact) mass is 383 g/mol. The van der Waals surface area contributed by atoms with E-state index in [0.717, 1.165) is 70.4 Å². The van der Waals surface area contributed by atoms with Crippen molar-refractivity contribution in [1.82, 2.24) is 4.90 Å². The van der Waals surface area contributed by atoms with E-state index in [0.29, 0.717) is 11.6 Å². The van der Waals surface area contributed by atoms with Gasteiger partial charge in [0.05, 0.1) is 23.5 Å². The molecule has 27 heavy (non-hydrogen) atoms. The van der Waals surface area contributed by atoms with Gasteiger partial charge in [0.15, 0.2) is 0 Å². The van der Waals surface area contributed by atoms with Gasteiger partial charge in [-0.1, -0.05) is 6.92 Å². The topological polar surface area (TPSA) is 35.6 Å². The summed E-state index contributed by atoms with van der Waals surface area (Å²) in [6, 6.07) is 3.66. The largest absolute Gasteiger partial charge is 0.416 e. The summed E-state index contributed by atoms with van der Waals surface area (Å²) in [6.07, 6.45) is 0.835. The normalized spacial score (nSPS) is 19.9. The molecule has 0 spiro atoms. The molecule has 4 nitrogen and oxygen atoms in total. The summed E-state index contributed by atoms with van der Waals surface area (Å²) in [4.78, 5) is 16.6. The maximum absolute atomic E-state index is 13.2. The van der Waals surface area contributed by atoms with E-state index in [2.05, 4.69) is 22.0 Å². The van der Waals surface area contributed by atoms with Crippen LogP contribution in [0.1, 0.15) is 44.6 Å². The Morgan fingerprint density at radius 1 is 1.11 bits per heavy atom. The summed E-state index contributed by atoms with van der Waals surface area (Å²) < 4.78 is 39.5. The molecule has 2 saturated heterocycles. The van der Waals surface area contributed by atoms with Crippen molar-refractivity contribution in [2.45, 2.75) is 45.2 Å². The van der Waals surface area contributed by atoms with E-state index in [1.807, 2.05) is 0 Å². The van der Waals surface area contributed by atoms with Crippen molar-refractivity contribution in [2.75, 3.05) is 42.9 Å². The van der Waals surface area contributed by atoms with Gasteiger partial charge in [-0.25, -0.2) is 0 Å². The molecule has 0 aromatic heterocycles. The molecule has 7 heteroatoms. The molecule has 0 bridgehead atoms. The molecule has 1 N–H and O–H groups in total. The minimum Gasteiger partial charge on any atom is -0.370 e. The second-order valence-electron chi connectivity index (χ2n) is 7.78. The molecule has 3 rings (SSSR count). The molecule has 0 radical (unpaired) electrons. The Hall–Kier alpha value is -1.76. The number of piperidine rings is 2. The number of carbonyl (C=O) groups excluding carboxylic acids is 1. The number of likely N-dealkylation sites (tertiary alicyclic amines) is 1. The van der Waals surface area contributed by atoms with Crippen LogP contribution in [0.3, 0.4) is 0 Å². The molecule has 1 amide bonds. The van der Waals surface area contributed by atoms with Gasteiger partial charge in [0.25, 0.3) is 0 Å². The zero-order valence-electron chi connectivity index (χ0n) is 15.8. The summed E-state index contributed by atoms with van der Waals surface area (Å²) >= 11 is 0. The van der Waals surface area contributed by atoms with Crippen LogP contribution >= 0.6 is 0 Å². The number of amides is 1. The van der Waals surface area contributed by atoms with Crippen molar-refractivity contribution in [1.29, 1.82) is 0 Å². The van der Waals surface area contributed by atoms with Crippen molar-refractivity contribution < 1.29 is 18.0 Å². The molecule has 0 unspecified atom stereocenters. The van der Waals surface area contributed by atoms with Gasteiger partial charge in [-0.3, -0.25) is 9.69 Å². The molecule has 1 aromatic rings. The molecule has 2 heterocycles. The Bertz CT molecular complexity index is 648. The van der Waals surface area contributed by atoms with Crippen LogP contribution in [0.2, 0.25) is 0 Å². The van der Waals surface area contributed by atoms with E-state index >= 15 is 0 Å². The molecule has 0 aliphatic carbocycles. The third-order valence-electron chi connectivity index (χ3n) is 5.54.